The highest BCUT2D eigenvalue weighted by molar-refractivity contribution is 5.96. The van der Waals surface area contributed by atoms with Crippen molar-refractivity contribution >= 4 is 23.4 Å². The zero-order valence-corrected chi connectivity index (χ0v) is 16.3. The summed E-state index contributed by atoms with van der Waals surface area (Å²) in [6.07, 6.45) is 2.46. The van der Waals surface area contributed by atoms with E-state index >= 15 is 0 Å². The summed E-state index contributed by atoms with van der Waals surface area (Å²) >= 11 is 0. The van der Waals surface area contributed by atoms with Crippen LogP contribution in [0.4, 0.5) is 16.2 Å². The number of hydrogen-bond acceptors (Lipinski definition) is 6. The van der Waals surface area contributed by atoms with Crippen LogP contribution in [0, 0.1) is 5.92 Å². The first kappa shape index (κ1) is 20.7. The number of alkyl carbamates (subject to hydrolysis) is 1. The highest BCUT2D eigenvalue weighted by Gasteiger charge is 2.23. The van der Waals surface area contributed by atoms with Crippen molar-refractivity contribution in [3.05, 3.63) is 17.7 Å². The fourth-order valence-corrected chi connectivity index (χ4v) is 2.37. The number of ether oxygens (including phenoxy) is 2. The third-order valence-corrected chi connectivity index (χ3v) is 3.92. The fraction of sp³-hybridized carbons (Fsp3) is 0.579. The van der Waals surface area contributed by atoms with Gasteiger partial charge in [0.2, 0.25) is 5.91 Å². The van der Waals surface area contributed by atoms with E-state index in [0.29, 0.717) is 48.2 Å². The largest absolute Gasteiger partial charge is 0.491 e. The van der Waals surface area contributed by atoms with E-state index in [1.54, 1.807) is 6.07 Å². The number of anilines is 2. The van der Waals surface area contributed by atoms with Gasteiger partial charge in [-0.15, -0.1) is 0 Å². The summed E-state index contributed by atoms with van der Waals surface area (Å²) in [5, 5.41) is 5.93. The Labute approximate surface area is 159 Å². The van der Waals surface area contributed by atoms with Crippen molar-refractivity contribution in [3.8, 4) is 5.75 Å². The number of hydrogen-bond donors (Lipinski definition) is 4. The summed E-state index contributed by atoms with van der Waals surface area (Å²) in [6.45, 7) is 7.05. The van der Waals surface area contributed by atoms with Crippen LogP contribution in [-0.2, 0) is 4.74 Å². The maximum atomic E-state index is 11.6. The van der Waals surface area contributed by atoms with Gasteiger partial charge >= 0.3 is 6.09 Å². The second-order valence-corrected chi connectivity index (χ2v) is 7.85. The Morgan fingerprint density at radius 3 is 2.56 bits per heavy atom. The Morgan fingerprint density at radius 1 is 1.26 bits per heavy atom. The lowest BCUT2D eigenvalue weighted by molar-refractivity contribution is 0.0999. The summed E-state index contributed by atoms with van der Waals surface area (Å²) in [7, 11) is 0. The number of nitrogens with two attached hydrogens (primary N) is 2. The quantitative estimate of drug-likeness (QED) is 0.386. The average molecular weight is 378 g/mol. The first-order valence-electron chi connectivity index (χ1n) is 9.20. The minimum absolute atomic E-state index is 0.270. The normalized spacial score (nSPS) is 13.7. The molecule has 27 heavy (non-hydrogen) atoms. The number of amides is 2. The van der Waals surface area contributed by atoms with Crippen molar-refractivity contribution in [2.45, 2.75) is 45.6 Å². The Hall–Kier alpha value is -2.64. The third-order valence-electron chi connectivity index (χ3n) is 3.92. The molecule has 0 heterocycles. The molecule has 0 aliphatic heterocycles. The van der Waals surface area contributed by atoms with Gasteiger partial charge in [0.15, 0.2) is 0 Å². The monoisotopic (exact) mass is 378 g/mol. The number of primary amides is 1. The van der Waals surface area contributed by atoms with Crippen LogP contribution in [-0.4, -0.2) is 37.3 Å². The topological polar surface area (TPSA) is 129 Å². The van der Waals surface area contributed by atoms with Gasteiger partial charge in [-0.25, -0.2) is 4.79 Å². The zero-order valence-electron chi connectivity index (χ0n) is 16.3. The number of nitrogens with one attached hydrogen (secondary N) is 2. The van der Waals surface area contributed by atoms with Gasteiger partial charge in [-0.2, -0.15) is 0 Å². The molecule has 1 saturated carbocycles. The van der Waals surface area contributed by atoms with Crippen molar-refractivity contribution in [2.24, 2.45) is 11.7 Å². The predicted molar refractivity (Wildman–Crippen MR) is 105 cm³/mol. The molecule has 0 spiro atoms. The Morgan fingerprint density at radius 2 is 1.96 bits per heavy atom. The van der Waals surface area contributed by atoms with Crippen molar-refractivity contribution in [3.63, 3.8) is 0 Å². The van der Waals surface area contributed by atoms with Crippen molar-refractivity contribution in [1.82, 2.24) is 5.32 Å². The first-order valence-corrected chi connectivity index (χ1v) is 9.20. The maximum Gasteiger partial charge on any atom is 0.407 e. The van der Waals surface area contributed by atoms with Gasteiger partial charge in [-0.3, -0.25) is 4.79 Å². The highest BCUT2D eigenvalue weighted by Crippen LogP contribution is 2.35. The molecule has 8 heteroatoms. The van der Waals surface area contributed by atoms with Crippen LogP contribution in [0.5, 0.6) is 5.75 Å². The Kier molecular flexibility index (Phi) is 6.76. The van der Waals surface area contributed by atoms with E-state index in [9.17, 15) is 9.59 Å². The van der Waals surface area contributed by atoms with Gasteiger partial charge in [0.1, 0.15) is 11.4 Å². The summed E-state index contributed by atoms with van der Waals surface area (Å²) < 4.78 is 11.0. The Balaban J connectivity index is 1.88. The summed E-state index contributed by atoms with van der Waals surface area (Å²) in [5.74, 6) is 0.524. The zero-order chi connectivity index (χ0) is 20.0. The van der Waals surface area contributed by atoms with Gasteiger partial charge in [0.25, 0.3) is 0 Å². The van der Waals surface area contributed by atoms with Crippen LogP contribution in [0.1, 0.15) is 50.4 Å². The van der Waals surface area contributed by atoms with E-state index in [4.69, 9.17) is 20.9 Å². The van der Waals surface area contributed by atoms with E-state index in [1.807, 2.05) is 20.8 Å². The molecule has 0 saturated heterocycles. The lowest BCUT2D eigenvalue weighted by Crippen LogP contribution is -2.41. The lowest BCUT2D eigenvalue weighted by Gasteiger charge is -2.20. The molecule has 150 valence electrons. The van der Waals surface area contributed by atoms with E-state index in [-0.39, 0.29) is 12.1 Å². The minimum Gasteiger partial charge on any atom is -0.491 e. The van der Waals surface area contributed by atoms with Gasteiger partial charge in [0, 0.05) is 17.6 Å². The molecular weight excluding hydrogens is 348 g/mol. The molecule has 1 aromatic rings. The average Bonchev–Trinajstić information content (AvgIpc) is 3.36. The molecule has 8 nitrogen and oxygen atoms in total. The van der Waals surface area contributed by atoms with E-state index in [2.05, 4.69) is 10.6 Å². The van der Waals surface area contributed by atoms with Crippen molar-refractivity contribution in [1.29, 1.82) is 0 Å². The molecule has 1 aromatic carbocycles. The number of carbonyl (C=O) groups is 2. The first-order chi connectivity index (χ1) is 12.7. The molecule has 2 rings (SSSR count). The SMILES string of the molecule is CC(C)(C)NC(=O)OCCCNc1c(N)cc(C(N)=O)cc1OCC1CC1. The van der Waals surface area contributed by atoms with Crippen LogP contribution in [0.25, 0.3) is 0 Å². The van der Waals surface area contributed by atoms with Crippen LogP contribution in [0.3, 0.4) is 0 Å². The van der Waals surface area contributed by atoms with Crippen LogP contribution >= 0.6 is 0 Å². The number of rotatable bonds is 9. The summed E-state index contributed by atoms with van der Waals surface area (Å²) in [6, 6.07) is 3.14. The fourth-order valence-electron chi connectivity index (χ4n) is 2.37. The number of benzene rings is 1. The van der Waals surface area contributed by atoms with Gasteiger partial charge < -0.3 is 31.6 Å². The molecule has 1 aliphatic carbocycles. The van der Waals surface area contributed by atoms with Gasteiger partial charge in [0.05, 0.1) is 18.9 Å². The third kappa shape index (κ3) is 7.24. The maximum absolute atomic E-state index is 11.6. The smallest absolute Gasteiger partial charge is 0.407 e. The van der Waals surface area contributed by atoms with E-state index in [1.165, 1.54) is 6.07 Å². The standard InChI is InChI=1S/C19H30N4O4/c1-19(2,3)23-18(25)26-8-4-7-22-16-14(20)9-13(17(21)24)10-15(16)27-11-12-5-6-12/h9-10,12,22H,4-8,11,20H2,1-3H3,(H2,21,24)(H,23,25). The second-order valence-electron chi connectivity index (χ2n) is 7.85. The van der Waals surface area contributed by atoms with E-state index < -0.39 is 12.0 Å². The number of nitrogen functional groups attached to an aromatic ring is 1. The molecule has 2 amide bonds. The van der Waals surface area contributed by atoms with Crippen molar-refractivity contribution in [2.75, 3.05) is 30.8 Å². The van der Waals surface area contributed by atoms with Crippen LogP contribution in [0.2, 0.25) is 0 Å². The lowest BCUT2D eigenvalue weighted by atomic mass is 10.1. The van der Waals surface area contributed by atoms with Gasteiger partial charge in [-0.1, -0.05) is 0 Å². The molecule has 0 atom stereocenters. The molecule has 6 N–H and O–H groups in total. The van der Waals surface area contributed by atoms with Crippen LogP contribution < -0.4 is 26.8 Å². The molecule has 1 fully saturated rings. The molecule has 1 aliphatic rings. The van der Waals surface area contributed by atoms with E-state index in [0.717, 1.165) is 12.8 Å². The molecule has 0 radical (unpaired) electrons. The summed E-state index contributed by atoms with van der Waals surface area (Å²) in [4.78, 5) is 23.1. The predicted octanol–water partition coefficient (Wildman–Crippen LogP) is 2.48. The second kappa shape index (κ2) is 8.83. The Bertz CT molecular complexity index is 681. The minimum atomic E-state index is -0.553. The summed E-state index contributed by atoms with van der Waals surface area (Å²) in [5.41, 5.74) is 12.4. The highest BCUT2D eigenvalue weighted by atomic mass is 16.5. The molecule has 0 bridgehead atoms. The van der Waals surface area contributed by atoms with Crippen molar-refractivity contribution < 1.29 is 19.1 Å². The number of carbonyl (C=O) groups excluding carboxylic acids is 2. The molecular formula is C19H30N4O4. The van der Waals surface area contributed by atoms with Crippen LogP contribution in [0.15, 0.2) is 12.1 Å². The molecule has 0 unspecified atom stereocenters. The molecule has 0 aromatic heterocycles. The van der Waals surface area contributed by atoms with Gasteiger partial charge in [-0.05, 0) is 58.1 Å².